The Morgan fingerprint density at radius 1 is 1.35 bits per heavy atom. The van der Waals surface area contributed by atoms with Crippen LogP contribution in [0, 0.1) is 12.3 Å². The van der Waals surface area contributed by atoms with Crippen molar-refractivity contribution in [3.8, 4) is 0 Å². The number of hydrogen-bond acceptors (Lipinski definition) is 5. The van der Waals surface area contributed by atoms with Gasteiger partial charge in [0.15, 0.2) is 5.96 Å². The van der Waals surface area contributed by atoms with E-state index in [0.29, 0.717) is 29.0 Å². The molecule has 148 valence electrons. The third-order valence-corrected chi connectivity index (χ3v) is 4.91. The van der Waals surface area contributed by atoms with Crippen LogP contribution in [0.4, 0.5) is 0 Å². The number of rotatable bonds is 8. The molecule has 1 heterocycles. The van der Waals surface area contributed by atoms with Crippen LogP contribution in [0.15, 0.2) is 15.5 Å². The van der Waals surface area contributed by atoms with Gasteiger partial charge in [-0.25, -0.2) is 4.79 Å². The van der Waals surface area contributed by atoms with Gasteiger partial charge in [-0.3, -0.25) is 4.99 Å². The van der Waals surface area contributed by atoms with E-state index in [0.717, 1.165) is 25.5 Å². The first kappa shape index (κ1) is 22.8. The number of carbonyl (C=O) groups excluding carboxylic acids is 1. The third-order valence-electron chi connectivity index (χ3n) is 4.91. The maximum absolute atomic E-state index is 11.6. The van der Waals surface area contributed by atoms with Crippen LogP contribution in [0.5, 0.6) is 0 Å². The average Bonchev–Trinajstić information content (AvgIpc) is 2.96. The van der Waals surface area contributed by atoms with Crippen molar-refractivity contribution in [1.29, 1.82) is 0 Å². The van der Waals surface area contributed by atoms with Crippen LogP contribution in [0.3, 0.4) is 0 Å². The van der Waals surface area contributed by atoms with Crippen molar-refractivity contribution < 1.29 is 18.7 Å². The van der Waals surface area contributed by atoms with Crippen molar-refractivity contribution in [3.05, 3.63) is 23.2 Å². The number of furan rings is 1. The van der Waals surface area contributed by atoms with Gasteiger partial charge in [0, 0.05) is 27.3 Å². The fourth-order valence-electron chi connectivity index (χ4n) is 3.12. The summed E-state index contributed by atoms with van der Waals surface area (Å²) in [5.41, 5.74) is 0.766. The molecule has 1 aliphatic rings. The summed E-state index contributed by atoms with van der Waals surface area (Å²) in [6, 6.07) is 1.70. The molecule has 0 bridgehead atoms. The number of halogens is 1. The van der Waals surface area contributed by atoms with Crippen LogP contribution in [-0.2, 0) is 16.0 Å². The predicted octanol–water partition coefficient (Wildman–Crippen LogP) is 2.86. The maximum atomic E-state index is 11.6. The van der Waals surface area contributed by atoms with Gasteiger partial charge in [0.1, 0.15) is 17.1 Å². The number of hydrogen-bond donors (Lipinski definition) is 2. The first-order valence-electron chi connectivity index (χ1n) is 8.64. The number of esters is 1. The zero-order chi connectivity index (χ0) is 18.3. The van der Waals surface area contributed by atoms with E-state index in [1.54, 1.807) is 27.1 Å². The second kappa shape index (κ2) is 10.8. The van der Waals surface area contributed by atoms with Crippen LogP contribution >= 0.6 is 24.0 Å². The van der Waals surface area contributed by atoms with E-state index in [1.807, 2.05) is 0 Å². The van der Waals surface area contributed by atoms with Crippen molar-refractivity contribution in [2.75, 3.05) is 34.4 Å². The molecule has 1 saturated carbocycles. The van der Waals surface area contributed by atoms with Gasteiger partial charge < -0.3 is 24.5 Å². The average molecular weight is 479 g/mol. The van der Waals surface area contributed by atoms with E-state index in [1.165, 1.54) is 26.4 Å². The molecule has 0 spiro atoms. The lowest BCUT2D eigenvalue weighted by Crippen LogP contribution is -2.46. The van der Waals surface area contributed by atoms with Gasteiger partial charge in [0.2, 0.25) is 0 Å². The molecule has 0 aliphatic heterocycles. The van der Waals surface area contributed by atoms with Crippen LogP contribution in [0.25, 0.3) is 0 Å². The number of ether oxygens (including phenoxy) is 2. The Morgan fingerprint density at radius 3 is 2.62 bits per heavy atom. The van der Waals surface area contributed by atoms with Gasteiger partial charge in [0.05, 0.1) is 13.7 Å². The van der Waals surface area contributed by atoms with Crippen molar-refractivity contribution in [2.24, 2.45) is 10.4 Å². The molecule has 1 aromatic heterocycles. The van der Waals surface area contributed by atoms with Gasteiger partial charge in [-0.1, -0.05) is 6.42 Å². The molecule has 0 unspecified atom stereocenters. The Bertz CT molecular complexity index is 612. The summed E-state index contributed by atoms with van der Waals surface area (Å²) in [4.78, 5) is 15.9. The van der Waals surface area contributed by atoms with E-state index in [-0.39, 0.29) is 29.9 Å². The number of methoxy groups -OCH3 is 2. The molecular weight excluding hydrogens is 449 g/mol. The molecule has 0 atom stereocenters. The normalized spacial score (nSPS) is 15.6. The Morgan fingerprint density at radius 2 is 2.08 bits per heavy atom. The molecule has 2 N–H and O–H groups in total. The summed E-state index contributed by atoms with van der Waals surface area (Å²) < 4.78 is 15.6. The molecular formula is C18H30IN3O4. The minimum atomic E-state index is -0.389. The minimum absolute atomic E-state index is 0. The predicted molar refractivity (Wildman–Crippen MR) is 111 cm³/mol. The maximum Gasteiger partial charge on any atom is 0.341 e. The number of aryl methyl sites for hydroxylation is 1. The Hall–Kier alpha value is -1.29. The van der Waals surface area contributed by atoms with Gasteiger partial charge in [-0.2, -0.15) is 0 Å². The molecule has 26 heavy (non-hydrogen) atoms. The largest absolute Gasteiger partial charge is 0.465 e. The molecule has 8 heteroatoms. The fraction of sp³-hybridized carbons (Fsp3) is 0.667. The Kier molecular flexibility index (Phi) is 9.42. The number of nitrogens with zero attached hydrogens (tertiary/aromatic N) is 1. The number of carbonyl (C=O) groups is 1. The molecule has 1 aromatic rings. The van der Waals surface area contributed by atoms with Crippen molar-refractivity contribution in [3.63, 3.8) is 0 Å². The van der Waals surface area contributed by atoms with Crippen LogP contribution in [0.2, 0.25) is 0 Å². The Balaban J connectivity index is 0.00000338. The number of nitrogens with one attached hydrogen (secondary N) is 2. The molecule has 2 rings (SSSR count). The molecule has 1 fully saturated rings. The zero-order valence-electron chi connectivity index (χ0n) is 16.0. The summed E-state index contributed by atoms with van der Waals surface area (Å²) in [5, 5.41) is 6.62. The molecule has 0 amide bonds. The highest BCUT2D eigenvalue weighted by atomic mass is 127. The summed E-state index contributed by atoms with van der Waals surface area (Å²) in [6.45, 7) is 3.86. The van der Waals surface area contributed by atoms with Gasteiger partial charge in [-0.05, 0) is 37.7 Å². The highest BCUT2D eigenvalue weighted by Gasteiger charge is 2.36. The van der Waals surface area contributed by atoms with Crippen molar-refractivity contribution >= 4 is 35.9 Å². The van der Waals surface area contributed by atoms with Crippen molar-refractivity contribution in [1.82, 2.24) is 10.6 Å². The summed E-state index contributed by atoms with van der Waals surface area (Å²) in [7, 11) is 4.84. The molecule has 1 aliphatic carbocycles. The third kappa shape index (κ3) is 5.87. The molecule has 0 aromatic carbocycles. The second-order valence-corrected chi connectivity index (χ2v) is 6.55. The highest BCUT2D eigenvalue weighted by Crippen LogP contribution is 2.43. The first-order valence-corrected chi connectivity index (χ1v) is 8.64. The van der Waals surface area contributed by atoms with E-state index >= 15 is 0 Å². The summed E-state index contributed by atoms with van der Waals surface area (Å²) in [5.74, 6) is 1.55. The van der Waals surface area contributed by atoms with E-state index in [4.69, 9.17) is 13.9 Å². The van der Waals surface area contributed by atoms with Gasteiger partial charge in [-0.15, -0.1) is 24.0 Å². The van der Waals surface area contributed by atoms with Crippen molar-refractivity contribution in [2.45, 2.75) is 39.2 Å². The Labute approximate surface area is 172 Å². The summed E-state index contributed by atoms with van der Waals surface area (Å²) in [6.07, 6.45) is 4.78. The second-order valence-electron chi connectivity index (χ2n) is 6.55. The zero-order valence-corrected chi connectivity index (χ0v) is 18.3. The monoisotopic (exact) mass is 479 g/mol. The number of aliphatic imine (C=N–C) groups is 1. The highest BCUT2D eigenvalue weighted by molar-refractivity contribution is 14.0. The van der Waals surface area contributed by atoms with Crippen LogP contribution in [-0.4, -0.2) is 46.3 Å². The smallest absolute Gasteiger partial charge is 0.341 e. The lowest BCUT2D eigenvalue weighted by molar-refractivity contribution is 0.0598. The SMILES string of the molecule is CN=C(NCc1cc(C(=O)OC)c(C)o1)NCC1(CCOC)CCC1.I. The van der Waals surface area contributed by atoms with E-state index in [2.05, 4.69) is 15.6 Å². The molecule has 0 saturated heterocycles. The molecule has 0 radical (unpaired) electrons. The lowest BCUT2D eigenvalue weighted by Gasteiger charge is -2.42. The number of guanidine groups is 1. The topological polar surface area (TPSA) is 85.1 Å². The summed E-state index contributed by atoms with van der Waals surface area (Å²) >= 11 is 0. The minimum Gasteiger partial charge on any atom is -0.465 e. The molecule has 7 nitrogen and oxygen atoms in total. The fourth-order valence-corrected chi connectivity index (χ4v) is 3.12. The van der Waals surface area contributed by atoms with Gasteiger partial charge in [0.25, 0.3) is 0 Å². The van der Waals surface area contributed by atoms with Gasteiger partial charge >= 0.3 is 5.97 Å². The van der Waals surface area contributed by atoms with Crippen LogP contribution in [0.1, 0.15) is 47.6 Å². The lowest BCUT2D eigenvalue weighted by atomic mass is 9.67. The first-order chi connectivity index (χ1) is 12.0. The van der Waals surface area contributed by atoms with E-state index in [9.17, 15) is 4.79 Å². The standard InChI is InChI=1S/C18H29N3O4.HI/c1-13-15(16(22)24-4)10-14(25-13)11-20-17(19-2)21-12-18(6-5-7-18)8-9-23-3;/h10H,5-9,11-12H2,1-4H3,(H2,19,20,21);1H. The van der Waals surface area contributed by atoms with E-state index < -0.39 is 0 Å². The quantitative estimate of drug-likeness (QED) is 0.258. The van der Waals surface area contributed by atoms with Crippen LogP contribution < -0.4 is 10.6 Å².